The highest BCUT2D eigenvalue weighted by Gasteiger charge is 2.46. The van der Waals surface area contributed by atoms with Crippen molar-refractivity contribution in [1.29, 1.82) is 0 Å². The molecule has 5 heterocycles. The van der Waals surface area contributed by atoms with E-state index in [1.165, 1.54) is 22.6 Å². The number of halogens is 4. The van der Waals surface area contributed by atoms with Crippen molar-refractivity contribution in [2.24, 2.45) is 0 Å². The van der Waals surface area contributed by atoms with Crippen molar-refractivity contribution >= 4 is 38.3 Å². The number of imidazole rings is 1. The highest BCUT2D eigenvalue weighted by molar-refractivity contribution is 7.91. The van der Waals surface area contributed by atoms with Crippen molar-refractivity contribution in [3.63, 3.8) is 0 Å². The molecule has 0 aliphatic carbocycles. The summed E-state index contributed by atoms with van der Waals surface area (Å²) < 4.78 is 87.6. The van der Waals surface area contributed by atoms with E-state index in [1.54, 1.807) is 24.7 Å². The lowest BCUT2D eigenvalue weighted by molar-refractivity contribution is -0.166. The first-order valence-electron chi connectivity index (χ1n) is 13.4. The topological polar surface area (TPSA) is 123 Å². The number of sulfonamides is 1. The number of thiazole rings is 1. The maximum atomic E-state index is 13.5. The first-order valence-corrected chi connectivity index (χ1v) is 15.6. The fourth-order valence-corrected chi connectivity index (χ4v) is 7.95. The van der Waals surface area contributed by atoms with Crippen LogP contribution >= 0.6 is 11.3 Å². The van der Waals surface area contributed by atoms with Gasteiger partial charge in [0.25, 0.3) is 10.0 Å². The molecule has 0 spiro atoms. The molecule has 1 N–H and O–H groups in total. The molecular weight excluding hydrogens is 626 g/mol. The highest BCUT2D eigenvalue weighted by atomic mass is 32.2. The fraction of sp³-hybridized carbons (Fsp3) is 0.333. The molecule has 2 saturated heterocycles. The van der Waals surface area contributed by atoms with Gasteiger partial charge in [0, 0.05) is 25.8 Å². The maximum absolute atomic E-state index is 13.5. The first kappa shape index (κ1) is 30.1. The zero-order chi connectivity index (χ0) is 31.2. The second kappa shape index (κ2) is 11.5. The fourth-order valence-electron chi connectivity index (χ4n) is 5.29. The second-order valence-electron chi connectivity index (χ2n) is 10.3. The summed E-state index contributed by atoms with van der Waals surface area (Å²) in [6, 6.07) is 6.51. The molecule has 2 fully saturated rings. The Morgan fingerprint density at radius 3 is 2.55 bits per heavy atom. The molecule has 232 valence electrons. The molecule has 1 aromatic carbocycles. The van der Waals surface area contributed by atoms with E-state index in [4.69, 9.17) is 4.74 Å². The minimum Gasteiger partial charge on any atom is -0.463 e. The third-order valence-electron chi connectivity index (χ3n) is 7.61. The number of piperazine rings is 1. The number of nitrogens with one attached hydrogen (secondary N) is 1. The number of morpholine rings is 1. The number of fused-ring (bicyclic) bond motifs is 1. The molecule has 2 aliphatic heterocycles. The number of anilines is 2. The number of alkyl halides is 3. The van der Waals surface area contributed by atoms with Gasteiger partial charge < -0.3 is 14.6 Å². The summed E-state index contributed by atoms with van der Waals surface area (Å²) in [5, 5.41) is 2.88. The van der Waals surface area contributed by atoms with E-state index in [0.29, 0.717) is 11.9 Å². The number of carbonyl (C=O) groups excluding carboxylic acids is 1. The molecule has 0 bridgehead atoms. The van der Waals surface area contributed by atoms with Crippen LogP contribution in [0.4, 0.5) is 28.5 Å². The van der Waals surface area contributed by atoms with Crippen LogP contribution in [0.3, 0.4) is 0 Å². The van der Waals surface area contributed by atoms with Crippen LogP contribution in [0, 0.1) is 5.82 Å². The minimum atomic E-state index is -4.53. The number of hydrogen-bond donors (Lipinski definition) is 1. The normalized spacial score (nSPS) is 20.6. The van der Waals surface area contributed by atoms with Crippen LogP contribution in [0.15, 0.2) is 65.5 Å². The molecule has 4 aromatic rings. The van der Waals surface area contributed by atoms with E-state index in [2.05, 4.69) is 20.3 Å². The lowest BCUT2D eigenvalue weighted by Gasteiger charge is -2.46. The second-order valence-corrected chi connectivity index (χ2v) is 13.5. The first-order chi connectivity index (χ1) is 20.9. The summed E-state index contributed by atoms with van der Waals surface area (Å²) in [4.78, 5) is 27.0. The number of nitrogens with zero attached hydrogens (tertiary/aromatic N) is 6. The molecule has 3 aromatic heterocycles. The summed E-state index contributed by atoms with van der Waals surface area (Å²) in [7, 11) is -3.99. The Balaban J connectivity index is 1.17. The molecule has 3 unspecified atom stereocenters. The number of carbonyl (C=O) groups is 1. The molecule has 0 saturated carbocycles. The number of ether oxygens (including phenoxy) is 1. The van der Waals surface area contributed by atoms with Crippen LogP contribution in [0.2, 0.25) is 0 Å². The number of aromatic nitrogens is 4. The van der Waals surface area contributed by atoms with Gasteiger partial charge in [-0.3, -0.25) is 4.90 Å². The zero-order valence-corrected chi connectivity index (χ0v) is 24.6. The molecule has 17 heteroatoms. The average Bonchev–Trinajstić information content (AvgIpc) is 3.67. The zero-order valence-electron chi connectivity index (χ0n) is 23.0. The van der Waals surface area contributed by atoms with E-state index in [0.717, 1.165) is 29.0 Å². The van der Waals surface area contributed by atoms with Gasteiger partial charge in [-0.25, -0.2) is 32.6 Å². The van der Waals surface area contributed by atoms with E-state index in [9.17, 15) is 30.8 Å². The summed E-state index contributed by atoms with van der Waals surface area (Å²) in [5.74, 6) is -0.756. The lowest BCUT2D eigenvalue weighted by Crippen LogP contribution is -2.61. The van der Waals surface area contributed by atoms with Crippen LogP contribution in [0.1, 0.15) is 35.8 Å². The monoisotopic (exact) mass is 651 g/mol. The van der Waals surface area contributed by atoms with Gasteiger partial charge >= 0.3 is 12.1 Å². The number of cyclic esters (lactones) is 1. The predicted octanol–water partition coefficient (Wildman–Crippen LogP) is 4.22. The minimum absolute atomic E-state index is 0.00189. The van der Waals surface area contributed by atoms with Crippen LogP contribution in [0.25, 0.3) is 0 Å². The van der Waals surface area contributed by atoms with Gasteiger partial charge in [-0.2, -0.15) is 17.5 Å². The van der Waals surface area contributed by atoms with E-state index in [-0.39, 0.29) is 53.3 Å². The molecule has 0 amide bonds. The Morgan fingerprint density at radius 1 is 1.07 bits per heavy atom. The van der Waals surface area contributed by atoms with Crippen molar-refractivity contribution in [2.45, 2.75) is 35.4 Å². The summed E-state index contributed by atoms with van der Waals surface area (Å²) in [6.45, 7) is 2.28. The molecule has 0 radical (unpaired) electrons. The predicted molar refractivity (Wildman–Crippen MR) is 150 cm³/mol. The Labute approximate surface area is 253 Å². The molecular formula is C27H25F4N7O4S2. The number of benzene rings is 1. The van der Waals surface area contributed by atoms with Crippen LogP contribution in [0.5, 0.6) is 0 Å². The standard InChI is InChI=1S/C27H25F4N7O4S2/c1-16(17-2-5-19(28)6-3-17)38-15-32-11-21(38)24-25(39)42-14-20-13-36(8-9-37(20)24)44(40,41)23-12-34-26(43-23)35-22-7-4-18(10-33-22)27(29,30)31/h2-7,10-12,15-16,20,24H,8-9,13-14H2,1H3,(H,33,34,35). The molecule has 6 rings (SSSR count). The van der Waals surface area contributed by atoms with Crippen LogP contribution < -0.4 is 5.32 Å². The van der Waals surface area contributed by atoms with Crippen LogP contribution in [-0.2, 0) is 25.7 Å². The smallest absolute Gasteiger partial charge is 0.417 e. The van der Waals surface area contributed by atoms with Crippen molar-refractivity contribution < 1.29 is 35.5 Å². The number of hydrogen-bond acceptors (Lipinski definition) is 10. The lowest BCUT2D eigenvalue weighted by atomic mass is 10.0. The van der Waals surface area contributed by atoms with Gasteiger partial charge in [0.2, 0.25) is 0 Å². The van der Waals surface area contributed by atoms with Crippen molar-refractivity contribution in [1.82, 2.24) is 28.7 Å². The molecule has 44 heavy (non-hydrogen) atoms. The average molecular weight is 652 g/mol. The summed E-state index contributed by atoms with van der Waals surface area (Å²) in [6.07, 6.45) is 0.495. The van der Waals surface area contributed by atoms with Crippen molar-refractivity contribution in [3.05, 3.63) is 84.0 Å². The number of esters is 1. The van der Waals surface area contributed by atoms with Crippen LogP contribution in [-0.4, -0.2) is 75.4 Å². The Kier molecular flexibility index (Phi) is 7.89. The van der Waals surface area contributed by atoms with Gasteiger partial charge in [0.15, 0.2) is 15.4 Å². The maximum Gasteiger partial charge on any atom is 0.417 e. The third-order valence-corrected chi connectivity index (χ3v) is 10.8. The van der Waals surface area contributed by atoms with E-state index < -0.39 is 39.8 Å². The Morgan fingerprint density at radius 2 is 1.84 bits per heavy atom. The molecule has 11 nitrogen and oxygen atoms in total. The van der Waals surface area contributed by atoms with Gasteiger partial charge in [-0.15, -0.1) is 0 Å². The van der Waals surface area contributed by atoms with Crippen molar-refractivity contribution in [3.8, 4) is 0 Å². The van der Waals surface area contributed by atoms with Gasteiger partial charge in [0.05, 0.1) is 42.1 Å². The largest absolute Gasteiger partial charge is 0.463 e. The number of rotatable bonds is 7. The molecule has 2 aliphatic rings. The highest BCUT2D eigenvalue weighted by Crippen LogP contribution is 2.36. The van der Waals surface area contributed by atoms with E-state index >= 15 is 0 Å². The SMILES string of the molecule is CC(c1ccc(F)cc1)n1cncc1C1C(=O)OCC2CN(S(=O)(=O)c3cnc(Nc4ccc(C(F)(F)F)cn4)s3)CCN21. The van der Waals surface area contributed by atoms with Gasteiger partial charge in [-0.05, 0) is 36.8 Å². The van der Waals surface area contributed by atoms with E-state index in [1.807, 2.05) is 16.4 Å². The summed E-state index contributed by atoms with van der Waals surface area (Å²) in [5.41, 5.74) is 0.477. The van der Waals surface area contributed by atoms with Gasteiger partial charge in [0.1, 0.15) is 18.2 Å². The Bertz CT molecular complexity index is 1760. The quantitative estimate of drug-likeness (QED) is 0.231. The summed E-state index contributed by atoms with van der Waals surface area (Å²) >= 11 is 0.822. The Hall–Kier alpha value is -3.93. The number of pyridine rings is 1. The third kappa shape index (κ3) is 5.79. The van der Waals surface area contributed by atoms with Gasteiger partial charge in [-0.1, -0.05) is 23.5 Å². The van der Waals surface area contributed by atoms with Crippen molar-refractivity contribution in [2.75, 3.05) is 31.6 Å². The molecule has 3 atom stereocenters.